The third kappa shape index (κ3) is 5.10. The fraction of sp³-hybridized carbons (Fsp3) is 0.263. The summed E-state index contributed by atoms with van der Waals surface area (Å²) in [4.78, 5) is 24.7. The van der Waals surface area contributed by atoms with Crippen molar-refractivity contribution in [3.8, 4) is 0 Å². The fourth-order valence-electron chi connectivity index (χ4n) is 2.39. The van der Waals surface area contributed by atoms with Gasteiger partial charge in [0, 0.05) is 6.04 Å². The maximum absolute atomic E-state index is 12.5. The van der Waals surface area contributed by atoms with Crippen LogP contribution in [0, 0.1) is 0 Å². The Labute approximate surface area is 147 Å². The number of rotatable bonds is 6. The molecule has 0 fully saturated rings. The van der Waals surface area contributed by atoms with E-state index in [0.717, 1.165) is 5.56 Å². The van der Waals surface area contributed by atoms with Gasteiger partial charge in [0.2, 0.25) is 5.91 Å². The highest BCUT2D eigenvalue weighted by Gasteiger charge is 2.20. The third-order valence-corrected chi connectivity index (χ3v) is 3.79. The highest BCUT2D eigenvalue weighted by Crippen LogP contribution is 2.20. The molecule has 24 heavy (non-hydrogen) atoms. The summed E-state index contributed by atoms with van der Waals surface area (Å²) in [6, 6.07) is 15.9. The molecule has 0 heterocycles. The molecular weight excluding hydrogens is 324 g/mol. The van der Waals surface area contributed by atoms with E-state index in [4.69, 9.17) is 11.6 Å². The van der Waals surface area contributed by atoms with Crippen LogP contribution in [0.2, 0.25) is 5.02 Å². The first-order chi connectivity index (χ1) is 11.5. The molecule has 1 atom stereocenters. The Morgan fingerprint density at radius 3 is 2.21 bits per heavy atom. The molecule has 0 aromatic heterocycles. The quantitative estimate of drug-likeness (QED) is 0.839. The van der Waals surface area contributed by atoms with Crippen LogP contribution in [0.4, 0.5) is 0 Å². The average molecular weight is 345 g/mol. The predicted octanol–water partition coefficient (Wildman–Crippen LogP) is 3.73. The van der Waals surface area contributed by atoms with Gasteiger partial charge in [-0.15, -0.1) is 0 Å². The summed E-state index contributed by atoms with van der Waals surface area (Å²) in [6.45, 7) is 3.80. The normalized spacial score (nSPS) is 11.8. The van der Waals surface area contributed by atoms with E-state index in [2.05, 4.69) is 10.6 Å². The molecule has 0 bridgehead atoms. The lowest BCUT2D eigenvalue weighted by Gasteiger charge is -2.20. The van der Waals surface area contributed by atoms with Crippen molar-refractivity contribution in [1.29, 1.82) is 0 Å². The third-order valence-electron chi connectivity index (χ3n) is 3.46. The summed E-state index contributed by atoms with van der Waals surface area (Å²) in [5.41, 5.74) is 1.26. The van der Waals surface area contributed by atoms with Gasteiger partial charge in [0.25, 0.3) is 5.91 Å². The van der Waals surface area contributed by atoms with E-state index in [1.807, 2.05) is 44.2 Å². The summed E-state index contributed by atoms with van der Waals surface area (Å²) in [6.07, 6.45) is 0.165. The standard InChI is InChI=1S/C19H21ClN2O2/c1-13(2)21-18(23)12-17(14-8-4-3-5-9-14)22-19(24)15-10-6-7-11-16(15)20/h3-11,13,17H,12H2,1-2H3,(H,21,23)(H,22,24)/t17-/m1/s1. The van der Waals surface area contributed by atoms with Gasteiger partial charge in [0.15, 0.2) is 0 Å². The van der Waals surface area contributed by atoms with Crippen LogP contribution < -0.4 is 10.6 Å². The number of amides is 2. The van der Waals surface area contributed by atoms with Gasteiger partial charge in [-0.3, -0.25) is 9.59 Å². The van der Waals surface area contributed by atoms with E-state index in [1.165, 1.54) is 0 Å². The Bertz CT molecular complexity index is 702. The van der Waals surface area contributed by atoms with Crippen molar-refractivity contribution in [1.82, 2.24) is 10.6 Å². The molecule has 0 saturated heterocycles. The SMILES string of the molecule is CC(C)NC(=O)C[C@@H](NC(=O)c1ccccc1Cl)c1ccccc1. The Hall–Kier alpha value is -2.33. The lowest BCUT2D eigenvalue weighted by atomic mass is 10.0. The van der Waals surface area contributed by atoms with Crippen LogP contribution in [0.15, 0.2) is 54.6 Å². The molecule has 0 unspecified atom stereocenters. The number of carbonyl (C=O) groups is 2. The van der Waals surface area contributed by atoms with Crippen LogP contribution in [-0.4, -0.2) is 17.9 Å². The lowest BCUT2D eigenvalue weighted by Crippen LogP contribution is -2.36. The van der Waals surface area contributed by atoms with Gasteiger partial charge in [-0.1, -0.05) is 54.1 Å². The molecule has 4 nitrogen and oxygen atoms in total. The first kappa shape index (κ1) is 18.0. The van der Waals surface area contributed by atoms with Crippen LogP contribution in [0.3, 0.4) is 0 Å². The van der Waals surface area contributed by atoms with E-state index in [1.54, 1.807) is 24.3 Å². The molecule has 126 valence electrons. The van der Waals surface area contributed by atoms with Crippen LogP contribution in [-0.2, 0) is 4.79 Å². The minimum absolute atomic E-state index is 0.0493. The molecule has 0 aliphatic carbocycles. The molecule has 2 aromatic rings. The van der Waals surface area contributed by atoms with Crippen LogP contribution in [0.1, 0.15) is 42.2 Å². The molecule has 0 saturated carbocycles. The number of nitrogens with one attached hydrogen (secondary N) is 2. The highest BCUT2D eigenvalue weighted by molar-refractivity contribution is 6.33. The van der Waals surface area contributed by atoms with Gasteiger partial charge < -0.3 is 10.6 Å². The molecule has 0 aliphatic heterocycles. The second-order valence-electron chi connectivity index (χ2n) is 5.84. The fourth-order valence-corrected chi connectivity index (χ4v) is 2.61. The Morgan fingerprint density at radius 2 is 1.58 bits per heavy atom. The van der Waals surface area contributed by atoms with Crippen LogP contribution in [0.5, 0.6) is 0 Å². The Balaban J connectivity index is 2.18. The summed E-state index contributed by atoms with van der Waals surface area (Å²) in [5, 5.41) is 6.14. The zero-order chi connectivity index (χ0) is 17.5. The number of halogens is 1. The summed E-state index contributed by atoms with van der Waals surface area (Å²) in [5.74, 6) is -0.412. The van der Waals surface area contributed by atoms with E-state index >= 15 is 0 Å². The number of hydrogen-bond donors (Lipinski definition) is 2. The van der Waals surface area contributed by atoms with Gasteiger partial charge in [0.05, 0.1) is 23.0 Å². The molecular formula is C19H21ClN2O2. The van der Waals surface area contributed by atoms with E-state index in [-0.39, 0.29) is 24.3 Å². The molecule has 5 heteroatoms. The molecule has 2 rings (SSSR count). The van der Waals surface area contributed by atoms with Crippen LogP contribution in [0.25, 0.3) is 0 Å². The maximum atomic E-state index is 12.5. The minimum atomic E-state index is -0.422. The summed E-state index contributed by atoms with van der Waals surface area (Å²) in [7, 11) is 0. The van der Waals surface area contributed by atoms with Gasteiger partial charge in [-0.2, -0.15) is 0 Å². The molecule has 0 aliphatic rings. The molecule has 0 radical (unpaired) electrons. The van der Waals surface area contributed by atoms with Crippen molar-refractivity contribution >= 4 is 23.4 Å². The van der Waals surface area contributed by atoms with Crippen molar-refractivity contribution in [3.05, 3.63) is 70.7 Å². The second-order valence-corrected chi connectivity index (χ2v) is 6.25. The minimum Gasteiger partial charge on any atom is -0.354 e. The summed E-state index contributed by atoms with van der Waals surface area (Å²) < 4.78 is 0. The van der Waals surface area contributed by atoms with Gasteiger partial charge >= 0.3 is 0 Å². The number of carbonyl (C=O) groups excluding carboxylic acids is 2. The largest absolute Gasteiger partial charge is 0.354 e. The monoisotopic (exact) mass is 344 g/mol. The Morgan fingerprint density at radius 1 is 0.958 bits per heavy atom. The maximum Gasteiger partial charge on any atom is 0.253 e. The van der Waals surface area contributed by atoms with Crippen molar-refractivity contribution in [2.75, 3.05) is 0 Å². The number of benzene rings is 2. The first-order valence-electron chi connectivity index (χ1n) is 7.87. The first-order valence-corrected chi connectivity index (χ1v) is 8.25. The van der Waals surface area contributed by atoms with E-state index in [9.17, 15) is 9.59 Å². The predicted molar refractivity (Wildman–Crippen MR) is 96.0 cm³/mol. The zero-order valence-corrected chi connectivity index (χ0v) is 14.5. The molecule has 0 spiro atoms. The molecule has 2 aromatic carbocycles. The van der Waals surface area contributed by atoms with Crippen LogP contribution >= 0.6 is 11.6 Å². The summed E-state index contributed by atoms with van der Waals surface area (Å²) >= 11 is 6.08. The van der Waals surface area contributed by atoms with E-state index < -0.39 is 6.04 Å². The molecule has 2 amide bonds. The zero-order valence-electron chi connectivity index (χ0n) is 13.8. The van der Waals surface area contributed by atoms with Gasteiger partial charge in [0.1, 0.15) is 0 Å². The van der Waals surface area contributed by atoms with Crippen molar-refractivity contribution in [2.24, 2.45) is 0 Å². The van der Waals surface area contributed by atoms with Crippen molar-refractivity contribution in [3.63, 3.8) is 0 Å². The molecule has 2 N–H and O–H groups in total. The highest BCUT2D eigenvalue weighted by atomic mass is 35.5. The topological polar surface area (TPSA) is 58.2 Å². The van der Waals surface area contributed by atoms with Gasteiger partial charge in [-0.05, 0) is 31.5 Å². The Kier molecular flexibility index (Phi) is 6.38. The smallest absolute Gasteiger partial charge is 0.253 e. The average Bonchev–Trinajstić information content (AvgIpc) is 2.54. The van der Waals surface area contributed by atoms with Gasteiger partial charge in [-0.25, -0.2) is 0 Å². The van der Waals surface area contributed by atoms with Crippen molar-refractivity contribution in [2.45, 2.75) is 32.4 Å². The van der Waals surface area contributed by atoms with E-state index in [0.29, 0.717) is 10.6 Å². The van der Waals surface area contributed by atoms with Crippen molar-refractivity contribution < 1.29 is 9.59 Å². The lowest BCUT2D eigenvalue weighted by molar-refractivity contribution is -0.122. The number of hydrogen-bond acceptors (Lipinski definition) is 2. The second kappa shape index (κ2) is 8.50.